The first-order valence-corrected chi connectivity index (χ1v) is 11.7. The summed E-state index contributed by atoms with van der Waals surface area (Å²) in [4.78, 5) is 0. The summed E-state index contributed by atoms with van der Waals surface area (Å²) in [5.74, 6) is 3.00. The molecular formula is C22H36O2S. The van der Waals surface area contributed by atoms with Crippen molar-refractivity contribution in [2.24, 2.45) is 34.5 Å². The van der Waals surface area contributed by atoms with Crippen LogP contribution in [-0.4, -0.2) is 30.0 Å². The van der Waals surface area contributed by atoms with Crippen molar-refractivity contribution in [3.8, 4) is 0 Å². The van der Waals surface area contributed by atoms with Gasteiger partial charge in [0.1, 0.15) is 5.44 Å². The third-order valence-electron chi connectivity index (χ3n) is 9.05. The van der Waals surface area contributed by atoms with Gasteiger partial charge in [0, 0.05) is 7.11 Å². The van der Waals surface area contributed by atoms with Gasteiger partial charge in [0.25, 0.3) is 0 Å². The minimum atomic E-state index is -0.172. The summed E-state index contributed by atoms with van der Waals surface area (Å²) in [7, 11) is 1.88. The average molecular weight is 365 g/mol. The van der Waals surface area contributed by atoms with Crippen molar-refractivity contribution in [3.05, 3.63) is 11.6 Å². The molecule has 4 aliphatic rings. The summed E-state index contributed by atoms with van der Waals surface area (Å²) in [6.07, 6.45) is 15.3. The molecule has 0 aromatic rings. The second-order valence-electron chi connectivity index (χ2n) is 9.71. The Labute approximate surface area is 158 Å². The van der Waals surface area contributed by atoms with Crippen molar-refractivity contribution in [2.75, 3.05) is 13.4 Å². The van der Waals surface area contributed by atoms with E-state index in [-0.39, 0.29) is 5.44 Å². The molecule has 0 aromatic carbocycles. The number of hydrogen-bond donors (Lipinski definition) is 1. The maximum Gasteiger partial charge on any atom is 0.102 e. The lowest BCUT2D eigenvalue weighted by Crippen LogP contribution is -2.51. The van der Waals surface area contributed by atoms with Crippen molar-refractivity contribution in [1.82, 2.24) is 0 Å². The molecule has 3 fully saturated rings. The van der Waals surface area contributed by atoms with Gasteiger partial charge >= 0.3 is 0 Å². The number of aliphatic hydroxyl groups excluding tert-OH is 1. The zero-order valence-corrected chi connectivity index (χ0v) is 17.3. The molecule has 8 atom stereocenters. The van der Waals surface area contributed by atoms with E-state index < -0.39 is 0 Å². The van der Waals surface area contributed by atoms with Crippen LogP contribution in [0.2, 0.25) is 0 Å². The molecule has 0 bridgehead atoms. The molecule has 0 spiro atoms. The Morgan fingerprint density at radius 1 is 1.16 bits per heavy atom. The van der Waals surface area contributed by atoms with E-state index in [1.165, 1.54) is 44.9 Å². The predicted molar refractivity (Wildman–Crippen MR) is 106 cm³/mol. The monoisotopic (exact) mass is 364 g/mol. The van der Waals surface area contributed by atoms with Crippen LogP contribution >= 0.6 is 11.8 Å². The fourth-order valence-electron chi connectivity index (χ4n) is 7.50. The van der Waals surface area contributed by atoms with E-state index in [0.29, 0.717) is 22.9 Å². The molecule has 0 aliphatic heterocycles. The van der Waals surface area contributed by atoms with Gasteiger partial charge in [-0.25, -0.2) is 0 Å². The number of ether oxygens (including phenoxy) is 1. The quantitative estimate of drug-likeness (QED) is 0.547. The fourth-order valence-corrected chi connectivity index (χ4v) is 8.28. The first kappa shape index (κ1) is 18.4. The highest BCUT2D eigenvalue weighted by molar-refractivity contribution is 7.99. The Hall–Kier alpha value is 0.01000. The minimum Gasteiger partial charge on any atom is -0.382 e. The molecule has 4 aliphatic carbocycles. The molecule has 1 N–H and O–H groups in total. The van der Waals surface area contributed by atoms with Gasteiger partial charge in [-0.2, -0.15) is 0 Å². The summed E-state index contributed by atoms with van der Waals surface area (Å²) >= 11 is 1.66. The summed E-state index contributed by atoms with van der Waals surface area (Å²) in [5, 5.41) is 10.6. The molecule has 3 heteroatoms. The summed E-state index contributed by atoms with van der Waals surface area (Å²) in [6, 6.07) is 0. The summed E-state index contributed by atoms with van der Waals surface area (Å²) in [5.41, 5.74) is 2.30. The van der Waals surface area contributed by atoms with E-state index in [1.54, 1.807) is 17.3 Å². The van der Waals surface area contributed by atoms with Gasteiger partial charge in [-0.3, -0.25) is 0 Å². The molecule has 0 aromatic heterocycles. The molecule has 4 rings (SSSR count). The Morgan fingerprint density at radius 3 is 2.68 bits per heavy atom. The Kier molecular flexibility index (Phi) is 4.82. The second kappa shape index (κ2) is 6.56. The lowest BCUT2D eigenvalue weighted by atomic mass is 9.47. The van der Waals surface area contributed by atoms with Crippen LogP contribution in [0, 0.1) is 34.5 Å². The molecule has 0 amide bonds. The standard InChI is InChI=1S/C22H36O2S/c1-21-11-9-15(24-3)13-14(21)5-6-16-17-7-8-19(20(23)25-4)22(17,2)12-10-18(16)21/h5,15-20,23H,6-13H2,1-4H3/t15-,16?,17?,18?,19?,20+,21-,22-/m0/s1. The Balaban J connectivity index is 1.61. The van der Waals surface area contributed by atoms with Crippen LogP contribution in [0.15, 0.2) is 11.6 Å². The number of aliphatic hydroxyl groups is 1. The number of thioether (sulfide) groups is 1. The fraction of sp³-hybridized carbons (Fsp3) is 0.909. The molecule has 4 unspecified atom stereocenters. The van der Waals surface area contributed by atoms with Crippen molar-refractivity contribution in [3.63, 3.8) is 0 Å². The number of hydrogen-bond acceptors (Lipinski definition) is 3. The van der Waals surface area contributed by atoms with Gasteiger partial charge in [0.15, 0.2) is 0 Å². The van der Waals surface area contributed by atoms with Gasteiger partial charge in [-0.1, -0.05) is 25.5 Å². The Bertz CT molecular complexity index is 546. The van der Waals surface area contributed by atoms with Gasteiger partial charge in [0.05, 0.1) is 6.10 Å². The first-order valence-electron chi connectivity index (χ1n) is 10.4. The van der Waals surface area contributed by atoms with Crippen LogP contribution in [0.4, 0.5) is 0 Å². The topological polar surface area (TPSA) is 29.5 Å². The van der Waals surface area contributed by atoms with Gasteiger partial charge in [0.2, 0.25) is 0 Å². The molecule has 2 nitrogen and oxygen atoms in total. The lowest BCUT2D eigenvalue weighted by molar-refractivity contribution is -0.0621. The van der Waals surface area contributed by atoms with E-state index in [2.05, 4.69) is 26.2 Å². The minimum absolute atomic E-state index is 0.172. The van der Waals surface area contributed by atoms with Crippen molar-refractivity contribution < 1.29 is 9.84 Å². The summed E-state index contributed by atoms with van der Waals surface area (Å²) < 4.78 is 5.69. The second-order valence-corrected chi connectivity index (χ2v) is 10.7. The number of allylic oxidation sites excluding steroid dienone is 1. The lowest BCUT2D eigenvalue weighted by Gasteiger charge is -2.58. The van der Waals surface area contributed by atoms with E-state index in [0.717, 1.165) is 24.2 Å². The first-order chi connectivity index (χ1) is 11.9. The zero-order valence-electron chi connectivity index (χ0n) is 16.5. The SMILES string of the molecule is CO[C@H]1CC[C@@]2(C)C(=CCC3C4CCC([C@H](O)SC)[C@@]4(C)CCC32)C1. The maximum atomic E-state index is 10.6. The predicted octanol–water partition coefficient (Wildman–Crippen LogP) is 5.26. The maximum absolute atomic E-state index is 10.6. The molecule has 3 saturated carbocycles. The highest BCUT2D eigenvalue weighted by atomic mass is 32.2. The largest absolute Gasteiger partial charge is 0.382 e. The highest BCUT2D eigenvalue weighted by Crippen LogP contribution is 2.67. The zero-order chi connectivity index (χ0) is 17.8. The number of methoxy groups -OCH3 is 1. The van der Waals surface area contributed by atoms with Gasteiger partial charge < -0.3 is 9.84 Å². The van der Waals surface area contributed by atoms with Crippen molar-refractivity contribution in [2.45, 2.75) is 76.8 Å². The van der Waals surface area contributed by atoms with Crippen molar-refractivity contribution in [1.29, 1.82) is 0 Å². The molecular weight excluding hydrogens is 328 g/mol. The third-order valence-corrected chi connectivity index (χ3v) is 9.86. The summed E-state index contributed by atoms with van der Waals surface area (Å²) in [6.45, 7) is 5.07. The van der Waals surface area contributed by atoms with Crippen molar-refractivity contribution >= 4 is 11.8 Å². The molecule has 142 valence electrons. The van der Waals surface area contributed by atoms with E-state index in [1.807, 2.05) is 7.11 Å². The van der Waals surface area contributed by atoms with Crippen LogP contribution in [0.3, 0.4) is 0 Å². The van der Waals surface area contributed by atoms with Crippen LogP contribution in [0.1, 0.15) is 65.2 Å². The van der Waals surface area contributed by atoms with Crippen LogP contribution < -0.4 is 0 Å². The van der Waals surface area contributed by atoms with Gasteiger partial charge in [-0.05, 0) is 92.1 Å². The highest BCUT2D eigenvalue weighted by Gasteiger charge is 2.59. The Morgan fingerprint density at radius 2 is 1.96 bits per heavy atom. The van der Waals surface area contributed by atoms with E-state index >= 15 is 0 Å². The van der Waals surface area contributed by atoms with E-state index in [4.69, 9.17) is 4.74 Å². The molecule has 0 heterocycles. The molecule has 0 radical (unpaired) electrons. The normalized spacial score (nSPS) is 50.4. The molecule has 25 heavy (non-hydrogen) atoms. The van der Waals surface area contributed by atoms with E-state index in [9.17, 15) is 5.11 Å². The van der Waals surface area contributed by atoms with Crippen LogP contribution in [-0.2, 0) is 4.74 Å². The number of fused-ring (bicyclic) bond motifs is 5. The van der Waals surface area contributed by atoms with Gasteiger partial charge in [-0.15, -0.1) is 11.8 Å². The molecule has 0 saturated heterocycles. The smallest absolute Gasteiger partial charge is 0.102 e. The third kappa shape index (κ3) is 2.67. The average Bonchev–Trinajstić information content (AvgIpc) is 2.97. The number of rotatable bonds is 3. The van der Waals surface area contributed by atoms with Crippen LogP contribution in [0.25, 0.3) is 0 Å². The van der Waals surface area contributed by atoms with Crippen LogP contribution in [0.5, 0.6) is 0 Å².